The van der Waals surface area contributed by atoms with Gasteiger partial charge in [-0.1, -0.05) is 18.2 Å². The Morgan fingerprint density at radius 2 is 1.67 bits per heavy atom. The molecular formula is C34H42N4O5. The molecule has 0 unspecified atom stereocenters. The number of benzene rings is 3. The van der Waals surface area contributed by atoms with E-state index in [0.29, 0.717) is 35.7 Å². The SMILES string of the molecule is Cc1ccc(N(C)C(=O)c2ccc(NC(=O)c3ccccc3O)c(C)c2)c(OCCCCCC(=O)N2CCN(C)CC2)c1. The molecule has 1 aliphatic heterocycles. The van der Waals surface area contributed by atoms with E-state index in [-0.39, 0.29) is 23.1 Å². The Labute approximate surface area is 254 Å². The number of hydrogen-bond acceptors (Lipinski definition) is 6. The number of anilines is 2. The lowest BCUT2D eigenvalue weighted by Gasteiger charge is -2.32. The van der Waals surface area contributed by atoms with E-state index >= 15 is 0 Å². The van der Waals surface area contributed by atoms with Gasteiger partial charge in [-0.2, -0.15) is 0 Å². The Morgan fingerprint density at radius 3 is 2.40 bits per heavy atom. The average molecular weight is 587 g/mol. The lowest BCUT2D eigenvalue weighted by Crippen LogP contribution is -2.47. The van der Waals surface area contributed by atoms with Gasteiger partial charge in [-0.3, -0.25) is 14.4 Å². The molecule has 2 N–H and O–H groups in total. The average Bonchev–Trinajstić information content (AvgIpc) is 2.99. The quantitative estimate of drug-likeness (QED) is 0.298. The second-order valence-corrected chi connectivity index (χ2v) is 11.2. The van der Waals surface area contributed by atoms with Gasteiger partial charge >= 0.3 is 0 Å². The Hall–Kier alpha value is -4.37. The van der Waals surface area contributed by atoms with Crippen LogP contribution in [-0.4, -0.2) is 79.5 Å². The molecule has 0 atom stereocenters. The van der Waals surface area contributed by atoms with Gasteiger partial charge in [-0.05, 0) is 93.7 Å². The highest BCUT2D eigenvalue weighted by Gasteiger charge is 2.20. The first-order valence-corrected chi connectivity index (χ1v) is 14.8. The Morgan fingerprint density at radius 1 is 0.930 bits per heavy atom. The van der Waals surface area contributed by atoms with Crippen molar-refractivity contribution in [2.75, 3.05) is 57.1 Å². The van der Waals surface area contributed by atoms with Crippen molar-refractivity contribution in [3.8, 4) is 11.5 Å². The molecule has 3 aromatic rings. The fourth-order valence-electron chi connectivity index (χ4n) is 5.06. The molecule has 0 aliphatic carbocycles. The van der Waals surface area contributed by atoms with Gasteiger partial charge < -0.3 is 29.9 Å². The van der Waals surface area contributed by atoms with Gasteiger partial charge in [-0.25, -0.2) is 0 Å². The van der Waals surface area contributed by atoms with E-state index in [4.69, 9.17) is 4.74 Å². The number of carbonyl (C=O) groups excluding carboxylic acids is 3. The Bertz CT molecular complexity index is 1450. The number of phenolic OH excluding ortho intramolecular Hbond substituents is 1. The third-order valence-corrected chi connectivity index (χ3v) is 7.80. The number of aromatic hydroxyl groups is 1. The third-order valence-electron chi connectivity index (χ3n) is 7.80. The maximum absolute atomic E-state index is 13.5. The van der Waals surface area contributed by atoms with Crippen LogP contribution in [0.15, 0.2) is 60.7 Å². The zero-order valence-electron chi connectivity index (χ0n) is 25.6. The van der Waals surface area contributed by atoms with Crippen molar-refractivity contribution < 1.29 is 24.2 Å². The largest absolute Gasteiger partial charge is 0.507 e. The first kappa shape index (κ1) is 31.6. The highest BCUT2D eigenvalue weighted by atomic mass is 16.5. The number of para-hydroxylation sites is 1. The minimum atomic E-state index is -0.430. The van der Waals surface area contributed by atoms with Crippen molar-refractivity contribution in [3.63, 3.8) is 0 Å². The molecule has 1 fully saturated rings. The summed E-state index contributed by atoms with van der Waals surface area (Å²) in [7, 11) is 3.80. The Balaban J connectivity index is 1.32. The van der Waals surface area contributed by atoms with Crippen LogP contribution in [0.25, 0.3) is 0 Å². The number of ether oxygens (including phenoxy) is 1. The van der Waals surface area contributed by atoms with Crippen LogP contribution < -0.4 is 15.0 Å². The van der Waals surface area contributed by atoms with Crippen LogP contribution in [0.1, 0.15) is 57.5 Å². The van der Waals surface area contributed by atoms with Crippen LogP contribution in [0.2, 0.25) is 0 Å². The topological polar surface area (TPSA) is 102 Å². The number of rotatable bonds is 11. The smallest absolute Gasteiger partial charge is 0.259 e. The molecule has 1 saturated heterocycles. The van der Waals surface area contributed by atoms with Crippen LogP contribution in [0.4, 0.5) is 11.4 Å². The zero-order valence-corrected chi connectivity index (χ0v) is 25.6. The van der Waals surface area contributed by atoms with Gasteiger partial charge in [0.25, 0.3) is 11.8 Å². The molecule has 0 bridgehead atoms. The monoisotopic (exact) mass is 586 g/mol. The lowest BCUT2D eigenvalue weighted by atomic mass is 10.1. The Kier molecular flexibility index (Phi) is 10.8. The number of amides is 3. The highest BCUT2D eigenvalue weighted by molar-refractivity contribution is 6.08. The number of carbonyl (C=O) groups is 3. The summed E-state index contributed by atoms with van der Waals surface area (Å²) in [6, 6.07) is 17.2. The number of hydrogen-bond donors (Lipinski definition) is 2. The molecule has 228 valence electrons. The number of piperazine rings is 1. The normalized spacial score (nSPS) is 13.4. The van der Waals surface area contributed by atoms with Crippen LogP contribution in [0.3, 0.4) is 0 Å². The molecule has 3 aromatic carbocycles. The molecule has 43 heavy (non-hydrogen) atoms. The molecule has 4 rings (SSSR count). The summed E-state index contributed by atoms with van der Waals surface area (Å²) in [5.41, 5.74) is 3.60. The fourth-order valence-corrected chi connectivity index (χ4v) is 5.06. The van der Waals surface area contributed by atoms with Crippen molar-refractivity contribution in [1.82, 2.24) is 9.80 Å². The van der Waals surface area contributed by atoms with E-state index in [2.05, 4.69) is 17.3 Å². The second kappa shape index (κ2) is 14.7. The summed E-state index contributed by atoms with van der Waals surface area (Å²) in [6.45, 7) is 7.76. The van der Waals surface area contributed by atoms with Gasteiger partial charge in [0.05, 0.1) is 17.9 Å². The number of unbranched alkanes of at least 4 members (excludes halogenated alkanes) is 2. The third kappa shape index (κ3) is 8.35. The van der Waals surface area contributed by atoms with Gasteiger partial charge in [-0.15, -0.1) is 0 Å². The van der Waals surface area contributed by atoms with Gasteiger partial charge in [0.2, 0.25) is 5.91 Å². The van der Waals surface area contributed by atoms with E-state index in [1.54, 1.807) is 48.3 Å². The molecule has 0 radical (unpaired) electrons. The minimum Gasteiger partial charge on any atom is -0.507 e. The molecule has 0 spiro atoms. The van der Waals surface area contributed by atoms with Gasteiger partial charge in [0, 0.05) is 50.9 Å². The first-order valence-electron chi connectivity index (χ1n) is 14.8. The van der Waals surface area contributed by atoms with E-state index < -0.39 is 5.91 Å². The summed E-state index contributed by atoms with van der Waals surface area (Å²) in [4.78, 5) is 44.3. The summed E-state index contributed by atoms with van der Waals surface area (Å²) >= 11 is 0. The second-order valence-electron chi connectivity index (χ2n) is 11.2. The summed E-state index contributed by atoms with van der Waals surface area (Å²) < 4.78 is 6.14. The van der Waals surface area contributed by atoms with Crippen molar-refractivity contribution in [2.45, 2.75) is 39.5 Å². The number of aryl methyl sites for hydroxylation is 2. The van der Waals surface area contributed by atoms with E-state index in [0.717, 1.165) is 56.6 Å². The van der Waals surface area contributed by atoms with Crippen LogP contribution >= 0.6 is 0 Å². The van der Waals surface area contributed by atoms with Crippen molar-refractivity contribution in [2.24, 2.45) is 0 Å². The molecule has 9 nitrogen and oxygen atoms in total. The molecule has 3 amide bonds. The van der Waals surface area contributed by atoms with Crippen molar-refractivity contribution in [1.29, 1.82) is 0 Å². The number of nitrogens with zero attached hydrogens (tertiary/aromatic N) is 3. The summed E-state index contributed by atoms with van der Waals surface area (Å²) in [5.74, 6) is 0.126. The highest BCUT2D eigenvalue weighted by Crippen LogP contribution is 2.31. The zero-order chi connectivity index (χ0) is 30.9. The van der Waals surface area contributed by atoms with Gasteiger partial charge in [0.1, 0.15) is 11.5 Å². The van der Waals surface area contributed by atoms with Crippen LogP contribution in [0.5, 0.6) is 11.5 Å². The lowest BCUT2D eigenvalue weighted by molar-refractivity contribution is -0.132. The predicted molar refractivity (Wildman–Crippen MR) is 169 cm³/mol. The minimum absolute atomic E-state index is 0.0986. The van der Waals surface area contributed by atoms with E-state index in [9.17, 15) is 19.5 Å². The van der Waals surface area contributed by atoms with E-state index in [1.165, 1.54) is 6.07 Å². The number of phenols is 1. The molecule has 9 heteroatoms. The molecule has 0 saturated carbocycles. The fraction of sp³-hybridized carbons (Fsp3) is 0.382. The maximum Gasteiger partial charge on any atom is 0.259 e. The number of likely N-dealkylation sites (N-methyl/N-ethyl adjacent to an activating group) is 1. The predicted octanol–water partition coefficient (Wildman–Crippen LogP) is 5.25. The maximum atomic E-state index is 13.5. The molecule has 1 aliphatic rings. The van der Waals surface area contributed by atoms with Crippen LogP contribution in [-0.2, 0) is 4.79 Å². The standard InChI is InChI=1S/C34H42N4O5/c1-24-13-16-29(31(22-24)43-21-9-5-6-12-32(40)38-19-17-36(3)18-20-38)37(4)34(42)26-14-15-28(25(2)23-26)35-33(41)27-10-7-8-11-30(27)39/h7-8,10-11,13-16,22-23,39H,5-6,9,12,17-21H2,1-4H3,(H,35,41). The van der Waals surface area contributed by atoms with Crippen molar-refractivity contribution >= 4 is 29.1 Å². The summed E-state index contributed by atoms with van der Waals surface area (Å²) in [6.07, 6.45) is 3.10. The van der Waals surface area contributed by atoms with E-state index in [1.807, 2.05) is 36.9 Å². The molecular weight excluding hydrogens is 544 g/mol. The summed E-state index contributed by atoms with van der Waals surface area (Å²) in [5, 5.41) is 12.8. The first-order chi connectivity index (χ1) is 20.6. The van der Waals surface area contributed by atoms with Crippen LogP contribution in [0, 0.1) is 13.8 Å². The van der Waals surface area contributed by atoms with Gasteiger partial charge in [0.15, 0.2) is 0 Å². The number of nitrogens with one attached hydrogen (secondary N) is 1. The molecule has 0 aromatic heterocycles. The molecule has 1 heterocycles. The van der Waals surface area contributed by atoms with Crippen molar-refractivity contribution in [3.05, 3.63) is 82.9 Å².